The molecule has 0 bridgehead atoms. The van der Waals surface area contributed by atoms with Crippen molar-refractivity contribution in [3.63, 3.8) is 0 Å². The van der Waals surface area contributed by atoms with E-state index in [0.29, 0.717) is 54.1 Å². The fraction of sp³-hybridized carbons (Fsp3) is 0.490. The fourth-order valence-corrected chi connectivity index (χ4v) is 7.23. The molecule has 0 saturated carbocycles. The fourth-order valence-electron chi connectivity index (χ4n) is 6.13. The van der Waals surface area contributed by atoms with Crippen LogP contribution in [0, 0.1) is 54.1 Å². The summed E-state index contributed by atoms with van der Waals surface area (Å²) in [5, 5.41) is 7.76. The first-order valence-electron chi connectivity index (χ1n) is 38.1. The number of hydrogen-bond donors (Lipinski definition) is 0. The van der Waals surface area contributed by atoms with Gasteiger partial charge in [-0.05, 0) is 100 Å². The van der Waals surface area contributed by atoms with Crippen molar-refractivity contribution < 1.29 is 4.42 Å². The van der Waals surface area contributed by atoms with Crippen LogP contribution in [0.15, 0.2) is 247 Å². The molecule has 0 atom stereocenters. The summed E-state index contributed by atoms with van der Waals surface area (Å²) in [7, 11) is 0. The van der Waals surface area contributed by atoms with Gasteiger partial charge in [0, 0.05) is 30.9 Å². The van der Waals surface area contributed by atoms with E-state index in [2.05, 4.69) is 435 Å². The largest absolute Gasteiger partial charge is 0.456 e. The van der Waals surface area contributed by atoms with E-state index in [0.717, 1.165) is 11.2 Å². The molecule has 2 heteroatoms. The lowest BCUT2D eigenvalue weighted by Gasteiger charge is -2.05. The maximum absolute atomic E-state index is 5.65. The Morgan fingerprint density at radius 1 is 0.163 bits per heavy atom. The number of para-hydroxylation sites is 2. The van der Waals surface area contributed by atoms with E-state index in [1.807, 2.05) is 96.3 Å². The van der Waals surface area contributed by atoms with Crippen molar-refractivity contribution in [1.29, 1.82) is 0 Å². The standard InChI is InChI=1S/C12H8O.C12H8S.C12H10.C10H8.C6H6.10C5H12/c2*1-3-7-11-9(5-1)10-6-2-4-8-12(10)13-11;1-3-7-11(8-4-1)12-9-5-2-6-10-12;1-2-6-10-8-4-3-7-9(10)5-1;1-2-4-6-5-3-1;10*1-5(2,3)4/h2*1-8H;1-10H;1-8H;1-6H;10*1-4H3. The third kappa shape index (κ3) is 89.5. The highest BCUT2D eigenvalue weighted by molar-refractivity contribution is 7.25. The highest BCUT2D eigenvalue weighted by Gasteiger charge is 2.05. The van der Waals surface area contributed by atoms with Gasteiger partial charge in [-0.2, -0.15) is 0 Å². The Morgan fingerprint density at radius 2 is 0.308 bits per heavy atom. The Balaban J connectivity index is -0.000000527. The first-order valence-corrected chi connectivity index (χ1v) is 38.9. The predicted octanol–water partition coefficient (Wildman–Crippen LogP) is 36.0. The Bertz CT molecular complexity index is 3190. The Morgan fingerprint density at radius 3 is 0.510 bits per heavy atom. The molecule has 1 nitrogen and oxygen atoms in total. The zero-order valence-electron chi connectivity index (χ0n) is 74.9. The minimum Gasteiger partial charge on any atom is -0.456 e. The smallest absolute Gasteiger partial charge is 0.135 e. The van der Waals surface area contributed by atoms with E-state index in [1.54, 1.807) is 0 Å². The Labute approximate surface area is 649 Å². The molecule has 104 heavy (non-hydrogen) atoms. The average molecular weight is 1430 g/mol. The average Bonchev–Trinajstić information content (AvgIpc) is 1.66. The molecule has 0 aliphatic carbocycles. The quantitative estimate of drug-likeness (QED) is 0.160. The molecule has 0 fully saturated rings. The van der Waals surface area contributed by atoms with Crippen molar-refractivity contribution in [2.45, 2.75) is 277 Å². The number of fused-ring (bicyclic) bond motifs is 7. The molecule has 0 saturated heterocycles. The summed E-state index contributed by atoms with van der Waals surface area (Å²) in [5.41, 5.74) is 9.48. The maximum atomic E-state index is 5.65. The van der Waals surface area contributed by atoms with Crippen LogP contribution in [0.25, 0.3) is 64.0 Å². The van der Waals surface area contributed by atoms with E-state index >= 15 is 0 Å². The van der Waals surface area contributed by atoms with Crippen molar-refractivity contribution in [3.05, 3.63) is 243 Å². The molecule has 0 aliphatic heterocycles. The first-order chi connectivity index (χ1) is 46.8. The van der Waals surface area contributed by atoms with E-state index < -0.39 is 0 Å². The molecule has 0 amide bonds. The van der Waals surface area contributed by atoms with Gasteiger partial charge in [-0.25, -0.2) is 0 Å². The number of hydrogen-bond acceptors (Lipinski definition) is 2. The highest BCUT2D eigenvalue weighted by atomic mass is 32.1. The molecule has 0 radical (unpaired) electrons. The maximum Gasteiger partial charge on any atom is 0.135 e. The number of benzene rings is 9. The van der Waals surface area contributed by atoms with Crippen LogP contribution >= 0.6 is 11.3 Å². The minimum atomic E-state index is 0.500. The summed E-state index contributed by atoms with van der Waals surface area (Å²) in [6, 6.07) is 82.8. The van der Waals surface area contributed by atoms with Gasteiger partial charge in [-0.15, -0.1) is 11.3 Å². The van der Waals surface area contributed by atoms with Crippen LogP contribution in [-0.4, -0.2) is 0 Å². The second kappa shape index (κ2) is 50.7. The summed E-state index contributed by atoms with van der Waals surface area (Å²) >= 11 is 1.86. The van der Waals surface area contributed by atoms with Gasteiger partial charge in [-0.1, -0.05) is 495 Å². The van der Waals surface area contributed by atoms with Crippen LogP contribution in [0.5, 0.6) is 0 Å². The van der Waals surface area contributed by atoms with Gasteiger partial charge in [0.1, 0.15) is 11.2 Å². The number of rotatable bonds is 1. The van der Waals surface area contributed by atoms with Gasteiger partial charge in [0.2, 0.25) is 0 Å². The molecule has 9 aromatic carbocycles. The molecule has 11 rings (SSSR count). The van der Waals surface area contributed by atoms with Gasteiger partial charge in [0.25, 0.3) is 0 Å². The van der Waals surface area contributed by atoms with Gasteiger partial charge in [-0.3, -0.25) is 0 Å². The molecule has 2 heterocycles. The second-order valence-electron chi connectivity index (χ2n) is 42.4. The second-order valence-corrected chi connectivity index (χ2v) is 43.5. The Kier molecular flexibility index (Phi) is 50.5. The van der Waals surface area contributed by atoms with E-state index in [1.165, 1.54) is 52.8 Å². The molecule has 0 aliphatic rings. The lowest BCUT2D eigenvalue weighted by atomic mass is 10.0. The summed E-state index contributed by atoms with van der Waals surface area (Å²) in [6.45, 7) is 87.5. The topological polar surface area (TPSA) is 13.1 Å². The summed E-state index contributed by atoms with van der Waals surface area (Å²) < 4.78 is 8.41. The molecule has 0 N–H and O–H groups in total. The lowest BCUT2D eigenvalue weighted by molar-refractivity contribution is 0.469. The summed E-state index contributed by atoms with van der Waals surface area (Å²) in [6.07, 6.45) is 0. The van der Waals surface area contributed by atoms with E-state index in [4.69, 9.17) is 4.42 Å². The van der Waals surface area contributed by atoms with Gasteiger partial charge in [0.15, 0.2) is 0 Å². The van der Waals surface area contributed by atoms with Gasteiger partial charge < -0.3 is 4.42 Å². The molecule has 2 aromatic heterocycles. The van der Waals surface area contributed by atoms with Crippen LogP contribution in [0.2, 0.25) is 0 Å². The number of thiophene rings is 1. The van der Waals surface area contributed by atoms with Crippen LogP contribution in [-0.2, 0) is 0 Å². The van der Waals surface area contributed by atoms with Crippen molar-refractivity contribution in [1.82, 2.24) is 0 Å². The van der Waals surface area contributed by atoms with Crippen molar-refractivity contribution >= 4 is 64.2 Å². The molecular formula is C102H160OS. The molecule has 0 unspecified atom stereocenters. The van der Waals surface area contributed by atoms with Gasteiger partial charge in [0.05, 0.1) is 0 Å². The monoisotopic (exact) mass is 1430 g/mol. The minimum absolute atomic E-state index is 0.500. The van der Waals surface area contributed by atoms with Crippen LogP contribution in [0.4, 0.5) is 0 Å². The highest BCUT2D eigenvalue weighted by Crippen LogP contribution is 2.33. The SMILES string of the molecule is CC(C)(C)C.CC(C)(C)C.CC(C)(C)C.CC(C)(C)C.CC(C)(C)C.CC(C)(C)C.CC(C)(C)C.CC(C)(C)C.CC(C)(C)C.CC(C)(C)C.c1ccc(-c2ccccc2)cc1.c1ccc2c(c1)oc1ccccc12.c1ccc2c(c1)sc1ccccc12.c1ccc2ccccc2c1.c1ccccc1. The zero-order chi connectivity index (χ0) is 81.6. The molecule has 580 valence electrons. The van der Waals surface area contributed by atoms with E-state index in [9.17, 15) is 0 Å². The normalized spacial score (nSPS) is 11.1. The van der Waals surface area contributed by atoms with Crippen LogP contribution < -0.4 is 0 Å². The molecule has 11 aromatic rings. The summed E-state index contributed by atoms with van der Waals surface area (Å²) in [5.74, 6) is 0. The predicted molar refractivity (Wildman–Crippen MR) is 487 cm³/mol. The molecular weight excluding hydrogens is 1270 g/mol. The van der Waals surface area contributed by atoms with Crippen molar-refractivity contribution in [3.8, 4) is 11.1 Å². The third-order valence-corrected chi connectivity index (χ3v) is 9.93. The number of furan rings is 1. The Hall–Kier alpha value is -6.74. The third-order valence-electron chi connectivity index (χ3n) is 8.77. The first kappa shape index (κ1) is 104. The summed E-state index contributed by atoms with van der Waals surface area (Å²) in [4.78, 5) is 0. The van der Waals surface area contributed by atoms with E-state index in [-0.39, 0.29) is 0 Å². The van der Waals surface area contributed by atoms with Crippen LogP contribution in [0.3, 0.4) is 0 Å². The lowest BCUT2D eigenvalue weighted by Crippen LogP contribution is -1.93. The van der Waals surface area contributed by atoms with Crippen molar-refractivity contribution in [2.75, 3.05) is 0 Å². The zero-order valence-corrected chi connectivity index (χ0v) is 75.7. The molecule has 0 spiro atoms. The van der Waals surface area contributed by atoms with Gasteiger partial charge >= 0.3 is 0 Å². The van der Waals surface area contributed by atoms with Crippen molar-refractivity contribution in [2.24, 2.45) is 54.1 Å². The van der Waals surface area contributed by atoms with Crippen LogP contribution in [0.1, 0.15) is 277 Å².